The predicted octanol–water partition coefficient (Wildman–Crippen LogP) is 5.65. The van der Waals surface area contributed by atoms with E-state index in [4.69, 9.17) is 11.6 Å². The van der Waals surface area contributed by atoms with E-state index in [0.29, 0.717) is 22.4 Å². The number of halogens is 1. The Morgan fingerprint density at radius 1 is 1.24 bits per heavy atom. The summed E-state index contributed by atoms with van der Waals surface area (Å²) in [6.07, 6.45) is 9.69. The lowest BCUT2D eigenvalue weighted by atomic mass is 10.0. The van der Waals surface area contributed by atoms with E-state index in [9.17, 15) is 4.79 Å². The Hall–Kier alpha value is -1.48. The molecule has 1 aromatic carbocycles. The lowest BCUT2D eigenvalue weighted by Crippen LogP contribution is -2.29. The van der Waals surface area contributed by atoms with Crippen LogP contribution >= 0.6 is 11.6 Å². The van der Waals surface area contributed by atoms with Crippen LogP contribution < -0.4 is 5.32 Å². The zero-order chi connectivity index (χ0) is 17.8. The van der Waals surface area contributed by atoms with Crippen LogP contribution in [0.5, 0.6) is 0 Å². The number of aromatic nitrogens is 1. The third kappa shape index (κ3) is 4.38. The lowest BCUT2D eigenvalue weighted by molar-refractivity contribution is 0.0947. The Bertz CT molecular complexity index is 727. The van der Waals surface area contributed by atoms with E-state index in [-0.39, 0.29) is 5.91 Å². The number of fused-ring (bicyclic) bond motifs is 1. The average molecular weight is 361 g/mol. The molecule has 0 radical (unpaired) electrons. The van der Waals surface area contributed by atoms with E-state index in [0.717, 1.165) is 24.0 Å². The minimum Gasteiger partial charge on any atom is -0.352 e. The summed E-state index contributed by atoms with van der Waals surface area (Å²) in [7, 11) is 0. The van der Waals surface area contributed by atoms with Gasteiger partial charge in [-0.2, -0.15) is 0 Å². The maximum atomic E-state index is 12.9. The highest BCUT2D eigenvalue weighted by Gasteiger charge is 2.19. The fraction of sp³-hybridized carbons (Fsp3) is 0.571. The van der Waals surface area contributed by atoms with Gasteiger partial charge in [-0.25, -0.2) is 0 Å². The SMILES string of the molecule is CC(C)Cn1cc(C(=O)NCC2CCCCCC2)c2c(Cl)cccc21. The van der Waals surface area contributed by atoms with Gasteiger partial charge < -0.3 is 9.88 Å². The second-order valence-electron chi connectivity index (χ2n) is 7.79. The van der Waals surface area contributed by atoms with Crippen molar-refractivity contribution in [2.45, 2.75) is 58.9 Å². The standard InChI is InChI=1S/C21H29ClN2O/c1-15(2)13-24-14-17(20-18(22)10-7-11-19(20)24)21(25)23-12-16-8-5-3-4-6-9-16/h7,10-11,14-16H,3-6,8-9,12-13H2,1-2H3,(H,23,25). The van der Waals surface area contributed by atoms with Crippen molar-refractivity contribution in [2.75, 3.05) is 6.54 Å². The number of rotatable bonds is 5. The van der Waals surface area contributed by atoms with Crippen molar-refractivity contribution in [3.63, 3.8) is 0 Å². The Kier molecular flexibility index (Phi) is 6.06. The topological polar surface area (TPSA) is 34.0 Å². The van der Waals surface area contributed by atoms with E-state index in [1.807, 2.05) is 24.4 Å². The molecule has 0 saturated heterocycles. The highest BCUT2D eigenvalue weighted by Crippen LogP contribution is 2.29. The second-order valence-corrected chi connectivity index (χ2v) is 8.20. The molecule has 2 aromatic rings. The van der Waals surface area contributed by atoms with E-state index in [1.54, 1.807) is 0 Å². The average Bonchev–Trinajstić information content (AvgIpc) is 2.77. The minimum atomic E-state index is 0.00449. The molecule has 0 atom stereocenters. The van der Waals surface area contributed by atoms with E-state index in [1.165, 1.54) is 38.5 Å². The number of carbonyl (C=O) groups is 1. The molecule has 0 spiro atoms. The Morgan fingerprint density at radius 2 is 1.96 bits per heavy atom. The van der Waals surface area contributed by atoms with Gasteiger partial charge in [-0.15, -0.1) is 0 Å². The van der Waals surface area contributed by atoms with E-state index < -0.39 is 0 Å². The van der Waals surface area contributed by atoms with Crippen LogP contribution in [0.25, 0.3) is 10.9 Å². The molecule has 1 saturated carbocycles. The van der Waals surface area contributed by atoms with Crippen LogP contribution in [0.3, 0.4) is 0 Å². The van der Waals surface area contributed by atoms with E-state index >= 15 is 0 Å². The van der Waals surface area contributed by atoms with Crippen molar-refractivity contribution in [1.29, 1.82) is 0 Å². The molecule has 25 heavy (non-hydrogen) atoms. The van der Waals surface area contributed by atoms with Gasteiger partial charge in [0, 0.05) is 24.7 Å². The monoisotopic (exact) mass is 360 g/mol. The molecule has 0 unspecified atom stereocenters. The largest absolute Gasteiger partial charge is 0.352 e. The number of benzene rings is 1. The lowest BCUT2D eigenvalue weighted by Gasteiger charge is -2.14. The molecule has 136 valence electrons. The summed E-state index contributed by atoms with van der Waals surface area (Å²) >= 11 is 6.43. The van der Waals surface area contributed by atoms with Gasteiger partial charge in [0.15, 0.2) is 0 Å². The van der Waals surface area contributed by atoms with Crippen LogP contribution in [-0.4, -0.2) is 17.0 Å². The van der Waals surface area contributed by atoms with Crippen molar-refractivity contribution in [3.05, 3.63) is 35.0 Å². The van der Waals surface area contributed by atoms with Gasteiger partial charge in [-0.3, -0.25) is 4.79 Å². The first-order valence-electron chi connectivity index (χ1n) is 9.62. The first-order chi connectivity index (χ1) is 12.1. The number of hydrogen-bond donors (Lipinski definition) is 1. The summed E-state index contributed by atoms with van der Waals surface area (Å²) in [6.45, 7) is 6.03. The summed E-state index contributed by atoms with van der Waals surface area (Å²) in [6, 6.07) is 5.87. The Balaban J connectivity index is 1.80. The van der Waals surface area contributed by atoms with Crippen LogP contribution in [0.15, 0.2) is 24.4 Å². The van der Waals surface area contributed by atoms with Gasteiger partial charge >= 0.3 is 0 Å². The zero-order valence-electron chi connectivity index (χ0n) is 15.4. The maximum Gasteiger partial charge on any atom is 0.253 e. The van der Waals surface area contributed by atoms with Crippen LogP contribution in [0.2, 0.25) is 5.02 Å². The van der Waals surface area contributed by atoms with Gasteiger partial charge in [0.25, 0.3) is 5.91 Å². The molecular formula is C21H29ClN2O. The van der Waals surface area contributed by atoms with Crippen LogP contribution in [0.1, 0.15) is 62.7 Å². The third-order valence-corrected chi connectivity index (χ3v) is 5.50. The highest BCUT2D eigenvalue weighted by molar-refractivity contribution is 6.36. The highest BCUT2D eigenvalue weighted by atomic mass is 35.5. The van der Waals surface area contributed by atoms with Crippen molar-refractivity contribution in [1.82, 2.24) is 9.88 Å². The zero-order valence-corrected chi connectivity index (χ0v) is 16.1. The molecule has 0 bridgehead atoms. The maximum absolute atomic E-state index is 12.9. The Morgan fingerprint density at radius 3 is 2.64 bits per heavy atom. The molecule has 1 heterocycles. The van der Waals surface area contributed by atoms with Gasteiger partial charge in [-0.1, -0.05) is 57.2 Å². The van der Waals surface area contributed by atoms with Gasteiger partial charge in [-0.05, 0) is 36.8 Å². The molecule has 3 nitrogen and oxygen atoms in total. The summed E-state index contributed by atoms with van der Waals surface area (Å²) in [5.74, 6) is 1.13. The number of amides is 1. The van der Waals surface area contributed by atoms with Crippen molar-refractivity contribution >= 4 is 28.4 Å². The molecular weight excluding hydrogens is 332 g/mol. The molecule has 1 N–H and O–H groups in total. The third-order valence-electron chi connectivity index (χ3n) is 5.19. The number of nitrogens with zero attached hydrogens (tertiary/aromatic N) is 1. The molecule has 1 fully saturated rings. The predicted molar refractivity (Wildman–Crippen MR) is 105 cm³/mol. The Labute approximate surface area is 155 Å². The van der Waals surface area contributed by atoms with Gasteiger partial charge in [0.1, 0.15) is 0 Å². The fourth-order valence-corrected chi connectivity index (χ4v) is 4.20. The van der Waals surface area contributed by atoms with Crippen LogP contribution in [0, 0.1) is 11.8 Å². The summed E-state index contributed by atoms with van der Waals surface area (Å²) < 4.78 is 2.16. The second kappa shape index (κ2) is 8.27. The molecule has 0 aliphatic heterocycles. The minimum absolute atomic E-state index is 0.00449. The fourth-order valence-electron chi connectivity index (χ4n) is 3.93. The van der Waals surface area contributed by atoms with Crippen molar-refractivity contribution in [3.8, 4) is 0 Å². The van der Waals surface area contributed by atoms with Crippen molar-refractivity contribution in [2.24, 2.45) is 11.8 Å². The molecule has 1 aromatic heterocycles. The summed E-state index contributed by atoms with van der Waals surface area (Å²) in [4.78, 5) is 12.9. The molecule has 1 aliphatic rings. The first-order valence-corrected chi connectivity index (χ1v) is 9.99. The summed E-state index contributed by atoms with van der Waals surface area (Å²) in [5.41, 5.74) is 1.75. The first kappa shape index (κ1) is 18.3. The smallest absolute Gasteiger partial charge is 0.253 e. The molecule has 1 aliphatic carbocycles. The van der Waals surface area contributed by atoms with Crippen LogP contribution in [0.4, 0.5) is 0 Å². The molecule has 3 rings (SSSR count). The quantitative estimate of drug-likeness (QED) is 0.686. The number of hydrogen-bond acceptors (Lipinski definition) is 1. The number of carbonyl (C=O) groups excluding carboxylic acids is 1. The normalized spacial score (nSPS) is 16.3. The molecule has 4 heteroatoms. The van der Waals surface area contributed by atoms with Crippen LogP contribution in [-0.2, 0) is 6.54 Å². The van der Waals surface area contributed by atoms with Gasteiger partial charge in [0.2, 0.25) is 0 Å². The summed E-state index contributed by atoms with van der Waals surface area (Å²) in [5, 5.41) is 4.70. The molecule has 1 amide bonds. The van der Waals surface area contributed by atoms with E-state index in [2.05, 4.69) is 23.7 Å². The van der Waals surface area contributed by atoms with Gasteiger partial charge in [0.05, 0.1) is 16.1 Å². The number of nitrogens with one attached hydrogen (secondary N) is 1. The van der Waals surface area contributed by atoms with Crippen molar-refractivity contribution < 1.29 is 4.79 Å².